The van der Waals surface area contributed by atoms with Gasteiger partial charge in [0, 0.05) is 5.69 Å². The number of nitrogens with one attached hydrogen (secondary N) is 2. The van der Waals surface area contributed by atoms with Gasteiger partial charge in [-0.1, -0.05) is 11.6 Å². The molecule has 1 heterocycles. The molecule has 0 aliphatic carbocycles. The SMILES string of the molecule is COc1ccc(NC(=O)NC(=O)c2ccco2)cc1Cl. The van der Waals surface area contributed by atoms with Crippen LogP contribution in [0.2, 0.25) is 5.02 Å². The Morgan fingerprint density at radius 1 is 1.30 bits per heavy atom. The molecule has 0 aliphatic rings. The molecule has 0 bridgehead atoms. The van der Waals surface area contributed by atoms with E-state index in [2.05, 4.69) is 10.6 Å². The van der Waals surface area contributed by atoms with E-state index in [-0.39, 0.29) is 5.76 Å². The van der Waals surface area contributed by atoms with E-state index in [1.165, 1.54) is 25.5 Å². The van der Waals surface area contributed by atoms with E-state index in [0.717, 1.165) is 0 Å². The lowest BCUT2D eigenvalue weighted by molar-refractivity contribution is 0.0940. The van der Waals surface area contributed by atoms with Crippen molar-refractivity contribution in [1.82, 2.24) is 5.32 Å². The van der Waals surface area contributed by atoms with Crippen LogP contribution in [0, 0.1) is 0 Å². The number of hydrogen-bond donors (Lipinski definition) is 2. The van der Waals surface area contributed by atoms with Gasteiger partial charge in [-0.15, -0.1) is 0 Å². The van der Waals surface area contributed by atoms with Gasteiger partial charge in [0.15, 0.2) is 5.76 Å². The van der Waals surface area contributed by atoms with Gasteiger partial charge in [-0.2, -0.15) is 0 Å². The molecule has 7 heteroatoms. The Balaban J connectivity index is 1.98. The summed E-state index contributed by atoms with van der Waals surface area (Å²) in [5.41, 5.74) is 0.431. The fourth-order valence-corrected chi connectivity index (χ4v) is 1.74. The van der Waals surface area contributed by atoms with Gasteiger partial charge < -0.3 is 14.5 Å². The predicted octanol–water partition coefficient (Wildman–Crippen LogP) is 2.90. The molecule has 2 N–H and O–H groups in total. The van der Waals surface area contributed by atoms with Crippen molar-refractivity contribution in [1.29, 1.82) is 0 Å². The lowest BCUT2D eigenvalue weighted by Crippen LogP contribution is -2.34. The van der Waals surface area contributed by atoms with Crippen molar-refractivity contribution < 1.29 is 18.7 Å². The molecule has 1 aromatic heterocycles. The van der Waals surface area contributed by atoms with Gasteiger partial charge in [0.2, 0.25) is 0 Å². The Kier molecular flexibility index (Phi) is 4.27. The van der Waals surface area contributed by atoms with Crippen LogP contribution in [-0.4, -0.2) is 19.0 Å². The van der Waals surface area contributed by atoms with Crippen LogP contribution in [0.5, 0.6) is 5.75 Å². The highest BCUT2D eigenvalue weighted by molar-refractivity contribution is 6.32. The molecule has 20 heavy (non-hydrogen) atoms. The maximum atomic E-state index is 11.6. The van der Waals surface area contributed by atoms with E-state index in [4.69, 9.17) is 20.8 Å². The number of rotatable bonds is 3. The number of methoxy groups -OCH3 is 1. The first-order valence-electron chi connectivity index (χ1n) is 5.59. The van der Waals surface area contributed by atoms with Crippen molar-refractivity contribution in [2.75, 3.05) is 12.4 Å². The van der Waals surface area contributed by atoms with Gasteiger partial charge >= 0.3 is 6.03 Å². The highest BCUT2D eigenvalue weighted by atomic mass is 35.5. The number of carbonyl (C=O) groups excluding carboxylic acids is 2. The Hall–Kier alpha value is -2.47. The van der Waals surface area contributed by atoms with Crippen molar-refractivity contribution in [3.05, 3.63) is 47.4 Å². The number of ether oxygens (including phenoxy) is 1. The van der Waals surface area contributed by atoms with Crippen LogP contribution in [0.1, 0.15) is 10.6 Å². The molecule has 0 unspecified atom stereocenters. The lowest BCUT2D eigenvalue weighted by atomic mass is 10.3. The van der Waals surface area contributed by atoms with Crippen LogP contribution in [-0.2, 0) is 0 Å². The van der Waals surface area contributed by atoms with E-state index >= 15 is 0 Å². The minimum atomic E-state index is -0.687. The van der Waals surface area contributed by atoms with E-state index in [9.17, 15) is 9.59 Å². The van der Waals surface area contributed by atoms with E-state index < -0.39 is 11.9 Å². The molecule has 2 aromatic rings. The molecule has 1 aromatic carbocycles. The summed E-state index contributed by atoms with van der Waals surface area (Å²) >= 11 is 5.92. The highest BCUT2D eigenvalue weighted by Crippen LogP contribution is 2.27. The highest BCUT2D eigenvalue weighted by Gasteiger charge is 2.13. The van der Waals surface area contributed by atoms with Crippen molar-refractivity contribution in [3.8, 4) is 5.75 Å². The van der Waals surface area contributed by atoms with Crippen LogP contribution in [0.15, 0.2) is 41.0 Å². The summed E-state index contributed by atoms with van der Waals surface area (Å²) in [6, 6.07) is 7.03. The van der Waals surface area contributed by atoms with Crippen LogP contribution < -0.4 is 15.4 Å². The quantitative estimate of drug-likeness (QED) is 0.912. The Bertz CT molecular complexity index is 625. The molecule has 0 aliphatic heterocycles. The van der Waals surface area contributed by atoms with E-state index in [1.807, 2.05) is 0 Å². The van der Waals surface area contributed by atoms with Gasteiger partial charge in [0.25, 0.3) is 5.91 Å². The zero-order chi connectivity index (χ0) is 14.5. The second kappa shape index (κ2) is 6.12. The first kappa shape index (κ1) is 14.0. The topological polar surface area (TPSA) is 80.6 Å². The Labute approximate surface area is 119 Å². The monoisotopic (exact) mass is 294 g/mol. The third-order valence-corrected chi connectivity index (χ3v) is 2.68. The second-order valence-electron chi connectivity index (χ2n) is 3.73. The minimum absolute atomic E-state index is 0.0490. The predicted molar refractivity (Wildman–Crippen MR) is 73.2 cm³/mol. The van der Waals surface area contributed by atoms with Gasteiger partial charge in [0.05, 0.1) is 18.4 Å². The number of hydrogen-bond acceptors (Lipinski definition) is 4. The zero-order valence-corrected chi connectivity index (χ0v) is 11.2. The van der Waals surface area contributed by atoms with Gasteiger partial charge in [0.1, 0.15) is 5.75 Å². The Morgan fingerprint density at radius 2 is 2.10 bits per heavy atom. The zero-order valence-electron chi connectivity index (χ0n) is 10.5. The molecule has 0 radical (unpaired) electrons. The maximum absolute atomic E-state index is 11.6. The molecule has 0 spiro atoms. The van der Waals surface area contributed by atoms with Crippen LogP contribution in [0.4, 0.5) is 10.5 Å². The molecule has 0 saturated heterocycles. The molecular weight excluding hydrogens is 284 g/mol. The lowest BCUT2D eigenvalue weighted by Gasteiger charge is -2.08. The molecule has 104 valence electrons. The minimum Gasteiger partial charge on any atom is -0.495 e. The van der Waals surface area contributed by atoms with E-state index in [0.29, 0.717) is 16.5 Å². The van der Waals surface area contributed by atoms with Gasteiger partial charge in [-0.25, -0.2) is 4.79 Å². The fraction of sp³-hybridized carbons (Fsp3) is 0.0769. The smallest absolute Gasteiger partial charge is 0.326 e. The summed E-state index contributed by atoms with van der Waals surface area (Å²) in [5.74, 6) is -0.0932. The average Bonchev–Trinajstić information content (AvgIpc) is 2.92. The van der Waals surface area contributed by atoms with Crippen molar-refractivity contribution in [3.63, 3.8) is 0 Å². The summed E-state index contributed by atoms with van der Waals surface area (Å²) < 4.78 is 9.86. The summed E-state index contributed by atoms with van der Waals surface area (Å²) in [7, 11) is 1.49. The maximum Gasteiger partial charge on any atom is 0.326 e. The summed E-state index contributed by atoms with van der Waals surface area (Å²) in [6.45, 7) is 0. The molecule has 3 amide bonds. The first-order chi connectivity index (χ1) is 9.60. The van der Waals surface area contributed by atoms with Crippen LogP contribution in [0.25, 0.3) is 0 Å². The standard InChI is InChI=1S/C13H11ClN2O4/c1-19-10-5-4-8(7-9(10)14)15-13(18)16-12(17)11-3-2-6-20-11/h2-7H,1H3,(H2,15,16,17,18). The summed E-state index contributed by atoms with van der Waals surface area (Å²) in [6.07, 6.45) is 1.34. The number of anilines is 1. The number of urea groups is 1. The van der Waals surface area contributed by atoms with Crippen LogP contribution in [0.3, 0.4) is 0 Å². The number of halogens is 1. The average molecular weight is 295 g/mol. The second-order valence-corrected chi connectivity index (χ2v) is 4.14. The summed E-state index contributed by atoms with van der Waals surface area (Å²) in [5, 5.41) is 4.95. The third kappa shape index (κ3) is 3.30. The molecular formula is C13H11ClN2O4. The normalized spacial score (nSPS) is 9.90. The number of furan rings is 1. The van der Waals surface area contributed by atoms with Crippen molar-refractivity contribution >= 4 is 29.2 Å². The van der Waals surface area contributed by atoms with Crippen LogP contribution >= 0.6 is 11.6 Å². The van der Waals surface area contributed by atoms with Crippen molar-refractivity contribution in [2.24, 2.45) is 0 Å². The largest absolute Gasteiger partial charge is 0.495 e. The number of benzene rings is 1. The molecule has 6 nitrogen and oxygen atoms in total. The molecule has 0 saturated carbocycles. The molecule has 0 atom stereocenters. The van der Waals surface area contributed by atoms with Gasteiger partial charge in [-0.3, -0.25) is 10.1 Å². The summed E-state index contributed by atoms with van der Waals surface area (Å²) in [4.78, 5) is 23.2. The fourth-order valence-electron chi connectivity index (χ4n) is 1.48. The van der Waals surface area contributed by atoms with Crippen molar-refractivity contribution in [2.45, 2.75) is 0 Å². The van der Waals surface area contributed by atoms with Gasteiger partial charge in [-0.05, 0) is 30.3 Å². The molecule has 0 fully saturated rings. The molecule has 2 rings (SSSR count). The van der Waals surface area contributed by atoms with E-state index in [1.54, 1.807) is 18.2 Å². The number of imide groups is 1. The Morgan fingerprint density at radius 3 is 2.70 bits per heavy atom. The number of carbonyl (C=O) groups is 2. The third-order valence-electron chi connectivity index (χ3n) is 2.38. The first-order valence-corrected chi connectivity index (χ1v) is 5.97. The number of amides is 3.